The highest BCUT2D eigenvalue weighted by molar-refractivity contribution is 5.76. The SMILES string of the molecule is Cn1cnc2ccc(C#N)cc21. The zero-order valence-electron chi connectivity index (χ0n) is 6.65. The Bertz CT molecular complexity index is 462. The molecular formula is C9H7N3. The van der Waals surface area contributed by atoms with Gasteiger partial charge in [-0.05, 0) is 18.2 Å². The summed E-state index contributed by atoms with van der Waals surface area (Å²) in [6.45, 7) is 0. The van der Waals surface area contributed by atoms with Gasteiger partial charge in [-0.3, -0.25) is 0 Å². The molecule has 2 aromatic rings. The minimum absolute atomic E-state index is 0.672. The first kappa shape index (κ1) is 6.86. The first-order valence-corrected chi connectivity index (χ1v) is 3.62. The van der Waals surface area contributed by atoms with Gasteiger partial charge in [0.15, 0.2) is 0 Å². The van der Waals surface area contributed by atoms with Gasteiger partial charge < -0.3 is 4.57 Å². The monoisotopic (exact) mass is 157 g/mol. The molecule has 1 aromatic heterocycles. The van der Waals surface area contributed by atoms with Crippen molar-refractivity contribution in [3.63, 3.8) is 0 Å². The lowest BCUT2D eigenvalue weighted by Gasteiger charge is -1.93. The Morgan fingerprint density at radius 1 is 1.50 bits per heavy atom. The predicted octanol–water partition coefficient (Wildman–Crippen LogP) is 1.44. The number of imidazole rings is 1. The van der Waals surface area contributed by atoms with Crippen LogP contribution in [0, 0.1) is 11.3 Å². The molecule has 0 spiro atoms. The molecule has 3 heteroatoms. The van der Waals surface area contributed by atoms with Crippen LogP contribution in [0.1, 0.15) is 5.56 Å². The van der Waals surface area contributed by atoms with Crippen LogP contribution in [0.4, 0.5) is 0 Å². The Morgan fingerprint density at radius 3 is 3.08 bits per heavy atom. The lowest BCUT2D eigenvalue weighted by atomic mass is 10.2. The van der Waals surface area contributed by atoms with Gasteiger partial charge in [-0.1, -0.05) is 0 Å². The van der Waals surface area contributed by atoms with Crippen molar-refractivity contribution in [1.82, 2.24) is 9.55 Å². The number of nitriles is 1. The Hall–Kier alpha value is -1.82. The molecule has 0 radical (unpaired) electrons. The molecule has 1 heterocycles. The van der Waals surface area contributed by atoms with E-state index in [-0.39, 0.29) is 0 Å². The van der Waals surface area contributed by atoms with Gasteiger partial charge in [-0.25, -0.2) is 4.98 Å². The molecule has 2 rings (SSSR count). The maximum absolute atomic E-state index is 8.65. The number of hydrogen-bond acceptors (Lipinski definition) is 2. The molecule has 0 saturated heterocycles. The second-order valence-corrected chi connectivity index (χ2v) is 2.67. The minimum Gasteiger partial charge on any atom is -0.334 e. The summed E-state index contributed by atoms with van der Waals surface area (Å²) < 4.78 is 1.90. The summed E-state index contributed by atoms with van der Waals surface area (Å²) in [7, 11) is 1.91. The van der Waals surface area contributed by atoms with Gasteiger partial charge in [0.1, 0.15) is 0 Å². The molecule has 0 atom stereocenters. The van der Waals surface area contributed by atoms with Crippen LogP contribution in [0.5, 0.6) is 0 Å². The molecular weight excluding hydrogens is 150 g/mol. The molecule has 0 saturated carbocycles. The van der Waals surface area contributed by atoms with E-state index in [9.17, 15) is 0 Å². The molecule has 0 amide bonds. The lowest BCUT2D eigenvalue weighted by molar-refractivity contribution is 0.947. The van der Waals surface area contributed by atoms with Crippen LogP contribution < -0.4 is 0 Å². The number of aryl methyl sites for hydroxylation is 1. The van der Waals surface area contributed by atoms with Gasteiger partial charge in [0.05, 0.1) is 29.0 Å². The Labute approximate surface area is 69.9 Å². The zero-order valence-corrected chi connectivity index (χ0v) is 6.65. The number of hydrogen-bond donors (Lipinski definition) is 0. The average molecular weight is 157 g/mol. The van der Waals surface area contributed by atoms with E-state index in [2.05, 4.69) is 11.1 Å². The van der Waals surface area contributed by atoms with Crippen molar-refractivity contribution in [2.24, 2.45) is 7.05 Å². The van der Waals surface area contributed by atoms with Crippen molar-refractivity contribution in [2.75, 3.05) is 0 Å². The van der Waals surface area contributed by atoms with Crippen LogP contribution in [0.25, 0.3) is 11.0 Å². The zero-order chi connectivity index (χ0) is 8.55. The second-order valence-electron chi connectivity index (χ2n) is 2.67. The van der Waals surface area contributed by atoms with Crippen molar-refractivity contribution in [3.05, 3.63) is 30.1 Å². The number of nitrogens with zero attached hydrogens (tertiary/aromatic N) is 3. The van der Waals surface area contributed by atoms with Gasteiger partial charge in [0.2, 0.25) is 0 Å². The minimum atomic E-state index is 0.672. The van der Waals surface area contributed by atoms with Crippen molar-refractivity contribution >= 4 is 11.0 Å². The highest BCUT2D eigenvalue weighted by Gasteiger charge is 1.99. The van der Waals surface area contributed by atoms with Crippen molar-refractivity contribution in [3.8, 4) is 6.07 Å². The summed E-state index contributed by atoms with van der Waals surface area (Å²) >= 11 is 0. The first-order chi connectivity index (χ1) is 5.81. The Balaban J connectivity index is 2.82. The van der Waals surface area contributed by atoms with E-state index in [0.717, 1.165) is 11.0 Å². The molecule has 3 nitrogen and oxygen atoms in total. The van der Waals surface area contributed by atoms with Crippen LogP contribution in [0.15, 0.2) is 24.5 Å². The largest absolute Gasteiger partial charge is 0.334 e. The van der Waals surface area contributed by atoms with Crippen molar-refractivity contribution < 1.29 is 0 Å². The molecule has 0 aliphatic rings. The number of fused-ring (bicyclic) bond motifs is 1. The average Bonchev–Trinajstić information content (AvgIpc) is 2.47. The van der Waals surface area contributed by atoms with Crippen LogP contribution in [0.3, 0.4) is 0 Å². The van der Waals surface area contributed by atoms with Gasteiger partial charge in [0.25, 0.3) is 0 Å². The molecule has 58 valence electrons. The number of benzene rings is 1. The molecule has 0 N–H and O–H groups in total. The van der Waals surface area contributed by atoms with Crippen LogP contribution in [0.2, 0.25) is 0 Å². The molecule has 0 aliphatic carbocycles. The fourth-order valence-electron chi connectivity index (χ4n) is 1.20. The van der Waals surface area contributed by atoms with E-state index < -0.39 is 0 Å². The van der Waals surface area contributed by atoms with Crippen molar-refractivity contribution in [1.29, 1.82) is 5.26 Å². The third-order valence-electron chi connectivity index (χ3n) is 1.85. The molecule has 0 fully saturated rings. The quantitative estimate of drug-likeness (QED) is 0.580. The van der Waals surface area contributed by atoms with E-state index in [1.165, 1.54) is 0 Å². The molecule has 0 aliphatic heterocycles. The van der Waals surface area contributed by atoms with E-state index in [1.54, 1.807) is 12.4 Å². The van der Waals surface area contributed by atoms with Crippen LogP contribution >= 0.6 is 0 Å². The van der Waals surface area contributed by atoms with E-state index in [0.29, 0.717) is 5.56 Å². The van der Waals surface area contributed by atoms with Crippen LogP contribution in [-0.2, 0) is 7.05 Å². The third-order valence-corrected chi connectivity index (χ3v) is 1.85. The maximum atomic E-state index is 8.65. The summed E-state index contributed by atoms with van der Waals surface area (Å²) in [5.41, 5.74) is 2.59. The Morgan fingerprint density at radius 2 is 2.33 bits per heavy atom. The van der Waals surface area contributed by atoms with Gasteiger partial charge in [-0.15, -0.1) is 0 Å². The topological polar surface area (TPSA) is 41.6 Å². The van der Waals surface area contributed by atoms with Gasteiger partial charge in [0, 0.05) is 7.05 Å². The standard InChI is InChI=1S/C9H7N3/c1-12-6-11-8-3-2-7(5-10)4-9(8)12/h2-4,6H,1H3. The van der Waals surface area contributed by atoms with E-state index in [1.807, 2.05) is 23.7 Å². The normalized spacial score (nSPS) is 10.0. The first-order valence-electron chi connectivity index (χ1n) is 3.62. The predicted molar refractivity (Wildman–Crippen MR) is 45.4 cm³/mol. The Kier molecular flexibility index (Phi) is 1.34. The fraction of sp³-hybridized carbons (Fsp3) is 0.111. The van der Waals surface area contributed by atoms with E-state index in [4.69, 9.17) is 5.26 Å². The number of aromatic nitrogens is 2. The highest BCUT2D eigenvalue weighted by Crippen LogP contribution is 2.12. The smallest absolute Gasteiger partial charge is 0.0992 e. The van der Waals surface area contributed by atoms with Crippen molar-refractivity contribution in [2.45, 2.75) is 0 Å². The van der Waals surface area contributed by atoms with Gasteiger partial charge >= 0.3 is 0 Å². The maximum Gasteiger partial charge on any atom is 0.0992 e. The third kappa shape index (κ3) is 0.857. The summed E-state index contributed by atoms with van der Waals surface area (Å²) in [4.78, 5) is 4.15. The summed E-state index contributed by atoms with van der Waals surface area (Å²) in [6, 6.07) is 7.56. The lowest BCUT2D eigenvalue weighted by Crippen LogP contribution is -1.84. The van der Waals surface area contributed by atoms with Gasteiger partial charge in [-0.2, -0.15) is 5.26 Å². The summed E-state index contributed by atoms with van der Waals surface area (Å²) in [5, 5.41) is 8.65. The summed E-state index contributed by atoms with van der Waals surface area (Å²) in [6.07, 6.45) is 1.74. The van der Waals surface area contributed by atoms with Crippen LogP contribution in [-0.4, -0.2) is 9.55 Å². The van der Waals surface area contributed by atoms with E-state index >= 15 is 0 Å². The molecule has 0 bridgehead atoms. The number of rotatable bonds is 0. The highest BCUT2D eigenvalue weighted by atomic mass is 15.0. The summed E-state index contributed by atoms with van der Waals surface area (Å²) in [5.74, 6) is 0. The fourth-order valence-corrected chi connectivity index (χ4v) is 1.20. The second kappa shape index (κ2) is 2.35. The molecule has 0 unspecified atom stereocenters. The molecule has 1 aromatic carbocycles. The molecule has 12 heavy (non-hydrogen) atoms.